The van der Waals surface area contributed by atoms with Crippen molar-refractivity contribution in [1.29, 1.82) is 0 Å². The van der Waals surface area contributed by atoms with E-state index in [9.17, 15) is 0 Å². The highest BCUT2D eigenvalue weighted by Gasteiger charge is 2.39. The minimum Gasteiger partial charge on any atom is -0.356 e. The molecule has 0 bridgehead atoms. The Kier molecular flexibility index (Phi) is 9.07. The number of nitrogens with one attached hydrogen (secondary N) is 2. The zero-order valence-electron chi connectivity index (χ0n) is 19.4. The largest absolute Gasteiger partial charge is 0.356 e. The normalized spacial score (nSPS) is 27.7. The van der Waals surface area contributed by atoms with E-state index in [2.05, 4.69) is 44.3 Å². The van der Waals surface area contributed by atoms with Gasteiger partial charge < -0.3 is 20.4 Å². The Morgan fingerprint density at radius 1 is 0.966 bits per heavy atom. The first-order valence-electron chi connectivity index (χ1n) is 12.3. The van der Waals surface area contributed by atoms with Gasteiger partial charge in [0.1, 0.15) is 0 Å². The second-order valence-electron chi connectivity index (χ2n) is 9.66. The summed E-state index contributed by atoms with van der Waals surface area (Å²) in [4.78, 5) is 12.4. The molecule has 29 heavy (non-hydrogen) atoms. The first-order chi connectivity index (χ1) is 14.1. The second kappa shape index (κ2) is 11.5. The Labute approximate surface area is 179 Å². The van der Waals surface area contributed by atoms with Gasteiger partial charge in [-0.05, 0) is 91.6 Å². The molecule has 3 heterocycles. The van der Waals surface area contributed by atoms with E-state index in [1.54, 1.807) is 0 Å². The lowest BCUT2D eigenvalue weighted by atomic mass is 9.84. The Balaban J connectivity index is 1.44. The Bertz CT molecular complexity index is 494. The van der Waals surface area contributed by atoms with Gasteiger partial charge >= 0.3 is 0 Å². The molecule has 0 aromatic carbocycles. The molecular formula is C23H46N6. The molecule has 1 atom stereocenters. The SMILES string of the molecule is CN=C(NCCCN1CCCCC1C)NCC1(N2CCCCC2)CCN(C)CC1. The van der Waals surface area contributed by atoms with Gasteiger partial charge in [-0.25, -0.2) is 0 Å². The maximum absolute atomic E-state index is 4.51. The van der Waals surface area contributed by atoms with E-state index >= 15 is 0 Å². The second-order valence-corrected chi connectivity index (χ2v) is 9.66. The third-order valence-electron chi connectivity index (χ3n) is 7.61. The molecule has 0 aromatic rings. The number of nitrogens with zero attached hydrogens (tertiary/aromatic N) is 4. The van der Waals surface area contributed by atoms with Gasteiger partial charge in [-0.15, -0.1) is 0 Å². The third-order valence-corrected chi connectivity index (χ3v) is 7.61. The number of rotatable bonds is 7. The van der Waals surface area contributed by atoms with Crippen LogP contribution in [0.4, 0.5) is 0 Å². The predicted molar refractivity (Wildman–Crippen MR) is 124 cm³/mol. The molecular weight excluding hydrogens is 360 g/mol. The van der Waals surface area contributed by atoms with E-state index < -0.39 is 0 Å². The molecule has 3 rings (SSSR count). The first-order valence-corrected chi connectivity index (χ1v) is 12.3. The summed E-state index contributed by atoms with van der Waals surface area (Å²) in [6.45, 7) is 11.8. The van der Waals surface area contributed by atoms with Gasteiger partial charge in [-0.3, -0.25) is 9.89 Å². The van der Waals surface area contributed by atoms with Crippen molar-refractivity contribution in [2.75, 3.05) is 66.5 Å². The van der Waals surface area contributed by atoms with E-state index in [4.69, 9.17) is 0 Å². The molecule has 3 aliphatic heterocycles. The molecule has 0 amide bonds. The number of piperidine rings is 3. The van der Waals surface area contributed by atoms with E-state index in [1.807, 2.05) is 7.05 Å². The van der Waals surface area contributed by atoms with Crippen LogP contribution in [0.15, 0.2) is 4.99 Å². The molecule has 2 N–H and O–H groups in total. The van der Waals surface area contributed by atoms with Gasteiger partial charge in [-0.1, -0.05) is 12.8 Å². The standard InChI is InChI=1S/C23H46N6/c1-21-10-5-8-14-28(21)15-9-13-25-22(24-2)26-20-23(11-18-27(3)19-12-23)29-16-6-4-7-17-29/h21H,4-20H2,1-3H3,(H2,24,25,26). The molecule has 6 nitrogen and oxygen atoms in total. The van der Waals surface area contributed by atoms with E-state index in [-0.39, 0.29) is 0 Å². The van der Waals surface area contributed by atoms with Crippen LogP contribution in [-0.2, 0) is 0 Å². The van der Waals surface area contributed by atoms with Crippen molar-refractivity contribution in [1.82, 2.24) is 25.3 Å². The van der Waals surface area contributed by atoms with Crippen molar-refractivity contribution in [2.45, 2.75) is 76.3 Å². The van der Waals surface area contributed by atoms with Crippen LogP contribution >= 0.6 is 0 Å². The smallest absolute Gasteiger partial charge is 0.191 e. The molecule has 6 heteroatoms. The summed E-state index contributed by atoms with van der Waals surface area (Å²) in [5.41, 5.74) is 0.299. The van der Waals surface area contributed by atoms with Crippen LogP contribution < -0.4 is 10.6 Å². The summed E-state index contributed by atoms with van der Waals surface area (Å²) in [6.07, 6.45) is 12.0. The molecule has 3 saturated heterocycles. The minimum absolute atomic E-state index is 0.299. The van der Waals surface area contributed by atoms with E-state index in [0.717, 1.165) is 25.1 Å². The topological polar surface area (TPSA) is 46.1 Å². The summed E-state index contributed by atoms with van der Waals surface area (Å²) < 4.78 is 0. The highest BCUT2D eigenvalue weighted by molar-refractivity contribution is 5.79. The predicted octanol–water partition coefficient (Wildman–Crippen LogP) is 2.37. The lowest BCUT2D eigenvalue weighted by molar-refractivity contribution is 0.0173. The van der Waals surface area contributed by atoms with Crippen molar-refractivity contribution in [2.24, 2.45) is 4.99 Å². The number of guanidine groups is 1. The van der Waals surface area contributed by atoms with Crippen LogP contribution in [0, 0.1) is 0 Å². The average Bonchev–Trinajstić information content (AvgIpc) is 2.76. The molecule has 0 saturated carbocycles. The highest BCUT2D eigenvalue weighted by atomic mass is 15.3. The summed E-state index contributed by atoms with van der Waals surface area (Å²) in [5, 5.41) is 7.28. The Morgan fingerprint density at radius 3 is 2.38 bits per heavy atom. The summed E-state index contributed by atoms with van der Waals surface area (Å²) in [7, 11) is 4.17. The fourth-order valence-electron chi connectivity index (χ4n) is 5.46. The van der Waals surface area contributed by atoms with Crippen LogP contribution in [0.25, 0.3) is 0 Å². The van der Waals surface area contributed by atoms with Crippen LogP contribution in [0.3, 0.4) is 0 Å². The Morgan fingerprint density at radius 2 is 1.69 bits per heavy atom. The zero-order chi connectivity index (χ0) is 20.5. The fraction of sp³-hybridized carbons (Fsp3) is 0.957. The van der Waals surface area contributed by atoms with Crippen molar-refractivity contribution in [3.8, 4) is 0 Å². The van der Waals surface area contributed by atoms with Crippen LogP contribution in [-0.4, -0.2) is 98.7 Å². The van der Waals surface area contributed by atoms with Gasteiger partial charge in [0.2, 0.25) is 0 Å². The molecule has 168 valence electrons. The maximum Gasteiger partial charge on any atom is 0.191 e. The first kappa shape index (κ1) is 22.8. The van der Waals surface area contributed by atoms with Crippen molar-refractivity contribution >= 4 is 5.96 Å². The van der Waals surface area contributed by atoms with Crippen LogP contribution in [0.1, 0.15) is 64.7 Å². The maximum atomic E-state index is 4.51. The lowest BCUT2D eigenvalue weighted by Gasteiger charge is -2.50. The minimum atomic E-state index is 0.299. The number of likely N-dealkylation sites (tertiary alicyclic amines) is 3. The lowest BCUT2D eigenvalue weighted by Crippen LogP contribution is -2.62. The molecule has 0 radical (unpaired) electrons. The number of hydrogen-bond acceptors (Lipinski definition) is 4. The average molecular weight is 407 g/mol. The van der Waals surface area contributed by atoms with Crippen molar-refractivity contribution < 1.29 is 0 Å². The van der Waals surface area contributed by atoms with Crippen LogP contribution in [0.5, 0.6) is 0 Å². The summed E-state index contributed by atoms with van der Waals surface area (Å²) >= 11 is 0. The van der Waals surface area contributed by atoms with Crippen molar-refractivity contribution in [3.63, 3.8) is 0 Å². The molecule has 0 spiro atoms. The summed E-state index contributed by atoms with van der Waals surface area (Å²) in [6, 6.07) is 0.759. The number of hydrogen-bond donors (Lipinski definition) is 2. The molecule has 0 aromatic heterocycles. The van der Waals surface area contributed by atoms with Crippen molar-refractivity contribution in [3.05, 3.63) is 0 Å². The van der Waals surface area contributed by atoms with Gasteiger partial charge in [0.05, 0.1) is 0 Å². The van der Waals surface area contributed by atoms with Gasteiger partial charge in [0.15, 0.2) is 5.96 Å². The molecule has 1 unspecified atom stereocenters. The third kappa shape index (κ3) is 6.56. The fourth-order valence-corrected chi connectivity index (χ4v) is 5.46. The van der Waals surface area contributed by atoms with E-state index in [1.165, 1.54) is 97.1 Å². The Hall–Kier alpha value is -0.850. The van der Waals surface area contributed by atoms with E-state index in [0.29, 0.717) is 5.54 Å². The van der Waals surface area contributed by atoms with Crippen LogP contribution in [0.2, 0.25) is 0 Å². The zero-order valence-corrected chi connectivity index (χ0v) is 19.4. The molecule has 0 aliphatic carbocycles. The van der Waals surface area contributed by atoms with Gasteiger partial charge in [0.25, 0.3) is 0 Å². The molecule has 3 aliphatic rings. The quantitative estimate of drug-likeness (QED) is 0.386. The highest BCUT2D eigenvalue weighted by Crippen LogP contribution is 2.30. The number of aliphatic imine (C=N–C) groups is 1. The van der Waals surface area contributed by atoms with Gasteiger partial charge in [-0.2, -0.15) is 0 Å². The summed E-state index contributed by atoms with van der Waals surface area (Å²) in [5.74, 6) is 0.979. The molecule has 3 fully saturated rings. The monoisotopic (exact) mass is 406 g/mol. The van der Waals surface area contributed by atoms with Gasteiger partial charge in [0, 0.05) is 38.3 Å².